The van der Waals surface area contributed by atoms with Crippen LogP contribution in [0.25, 0.3) is 0 Å². The molecule has 0 aromatic heterocycles. The first kappa shape index (κ1) is 19.3. The number of nitrogens with zero attached hydrogens (tertiary/aromatic N) is 2. The van der Waals surface area contributed by atoms with Gasteiger partial charge in [-0.25, -0.2) is 4.79 Å². The normalized spacial score (nSPS) is 11.3. The number of phenols is 1. The minimum atomic E-state index is -1.29. The van der Waals surface area contributed by atoms with Gasteiger partial charge in [0.05, 0.1) is 28.6 Å². The van der Waals surface area contributed by atoms with Gasteiger partial charge in [0.2, 0.25) is 0 Å². The monoisotopic (exact) mass is 375 g/mol. The number of nitro benzene ring substituents is 2. The van der Waals surface area contributed by atoms with Crippen LogP contribution < -0.4 is 5.32 Å². The molecule has 1 atom stereocenters. The van der Waals surface area contributed by atoms with Crippen LogP contribution in [0.3, 0.4) is 0 Å². The zero-order valence-corrected chi connectivity index (χ0v) is 13.8. The van der Waals surface area contributed by atoms with Crippen LogP contribution in [0, 0.1) is 20.2 Å². The van der Waals surface area contributed by atoms with E-state index in [2.05, 4.69) is 10.1 Å². The summed E-state index contributed by atoms with van der Waals surface area (Å²) in [4.78, 5) is 44.6. The second-order valence-electron chi connectivity index (χ2n) is 5.27. The molecule has 2 rings (SSSR count). The lowest BCUT2D eigenvalue weighted by molar-refractivity contribution is -0.394. The fourth-order valence-corrected chi connectivity index (χ4v) is 2.21. The summed E-state index contributed by atoms with van der Waals surface area (Å²) in [5.74, 6) is -1.86. The summed E-state index contributed by atoms with van der Waals surface area (Å²) in [7, 11) is 1.10. The van der Waals surface area contributed by atoms with E-state index in [1.165, 1.54) is 24.3 Å². The van der Waals surface area contributed by atoms with Crippen LogP contribution in [0.4, 0.5) is 11.4 Å². The summed E-state index contributed by atoms with van der Waals surface area (Å²) in [5, 5.41) is 33.5. The third kappa shape index (κ3) is 4.54. The first-order valence-electron chi connectivity index (χ1n) is 7.34. The number of esters is 1. The molecule has 11 nitrogen and oxygen atoms in total. The molecule has 1 amide bonds. The summed E-state index contributed by atoms with van der Waals surface area (Å²) in [6.07, 6.45) is 0. The topological polar surface area (TPSA) is 162 Å². The highest BCUT2D eigenvalue weighted by Crippen LogP contribution is 2.24. The molecule has 0 aliphatic rings. The van der Waals surface area contributed by atoms with Crippen LogP contribution in [-0.2, 0) is 9.53 Å². The number of benzene rings is 2. The van der Waals surface area contributed by atoms with Gasteiger partial charge in [0.25, 0.3) is 17.3 Å². The quantitative estimate of drug-likeness (QED) is 0.439. The van der Waals surface area contributed by atoms with E-state index in [4.69, 9.17) is 0 Å². The van der Waals surface area contributed by atoms with E-state index < -0.39 is 39.1 Å². The molecule has 0 aliphatic carbocycles. The number of rotatable bonds is 6. The molecule has 0 saturated heterocycles. The van der Waals surface area contributed by atoms with E-state index in [9.17, 15) is 34.9 Å². The predicted octanol–water partition coefficient (Wildman–Crippen LogP) is 1.85. The molecule has 0 bridgehead atoms. The van der Waals surface area contributed by atoms with Crippen molar-refractivity contribution in [3.63, 3.8) is 0 Å². The molecule has 0 aliphatic heterocycles. The summed E-state index contributed by atoms with van der Waals surface area (Å²) >= 11 is 0. The van der Waals surface area contributed by atoms with Gasteiger partial charge >= 0.3 is 5.97 Å². The van der Waals surface area contributed by atoms with Gasteiger partial charge in [0.1, 0.15) is 5.75 Å². The molecule has 0 heterocycles. The van der Waals surface area contributed by atoms with E-state index in [1.54, 1.807) is 0 Å². The smallest absolute Gasteiger partial charge is 0.333 e. The number of methoxy groups -OCH3 is 1. The molecule has 0 radical (unpaired) electrons. The van der Waals surface area contributed by atoms with E-state index in [0.717, 1.165) is 19.2 Å². The summed E-state index contributed by atoms with van der Waals surface area (Å²) < 4.78 is 4.63. The molecule has 0 spiro atoms. The number of hydrogen-bond donors (Lipinski definition) is 2. The van der Waals surface area contributed by atoms with Crippen molar-refractivity contribution in [2.45, 2.75) is 6.04 Å². The van der Waals surface area contributed by atoms with Crippen LogP contribution >= 0.6 is 0 Å². The Bertz CT molecular complexity index is 878. The molecule has 2 aromatic carbocycles. The molecule has 140 valence electrons. The average Bonchev–Trinajstić information content (AvgIpc) is 2.65. The Morgan fingerprint density at radius 1 is 1.04 bits per heavy atom. The van der Waals surface area contributed by atoms with Gasteiger partial charge in [-0.05, 0) is 17.7 Å². The average molecular weight is 375 g/mol. The number of aromatic hydroxyl groups is 1. The van der Waals surface area contributed by atoms with Crippen molar-refractivity contribution in [1.82, 2.24) is 5.32 Å². The molecule has 27 heavy (non-hydrogen) atoms. The summed E-state index contributed by atoms with van der Waals surface area (Å²) in [6.45, 7) is 0. The number of phenolic OH excluding ortho intramolecular Hbond substituents is 1. The number of nitrogens with one attached hydrogen (secondary N) is 1. The lowest BCUT2D eigenvalue weighted by Gasteiger charge is -2.17. The molecule has 2 N–H and O–H groups in total. The van der Waals surface area contributed by atoms with Gasteiger partial charge in [0, 0.05) is 12.1 Å². The van der Waals surface area contributed by atoms with E-state index in [0.29, 0.717) is 6.07 Å². The molecule has 0 saturated carbocycles. The predicted molar refractivity (Wildman–Crippen MR) is 90.1 cm³/mol. The maximum atomic E-state index is 12.5. The van der Waals surface area contributed by atoms with Crippen LogP contribution in [0.15, 0.2) is 42.5 Å². The first-order chi connectivity index (χ1) is 12.7. The zero-order chi connectivity index (χ0) is 20.1. The Balaban J connectivity index is 2.40. The van der Waals surface area contributed by atoms with Gasteiger partial charge in [-0.15, -0.1) is 0 Å². The maximum absolute atomic E-state index is 12.5. The number of non-ortho nitro benzene ring substituents is 2. The Kier molecular flexibility index (Phi) is 5.65. The second-order valence-corrected chi connectivity index (χ2v) is 5.27. The number of carbonyl (C=O) groups excluding carboxylic acids is 2. The minimum absolute atomic E-state index is 0.0667. The Hall–Kier alpha value is -4.02. The highest BCUT2D eigenvalue weighted by molar-refractivity contribution is 5.98. The van der Waals surface area contributed by atoms with Gasteiger partial charge in [-0.3, -0.25) is 25.0 Å². The first-order valence-corrected chi connectivity index (χ1v) is 7.34. The highest BCUT2D eigenvalue weighted by atomic mass is 16.6. The summed E-state index contributed by atoms with van der Waals surface area (Å²) in [5.41, 5.74) is -1.39. The minimum Gasteiger partial charge on any atom is -0.508 e. The Morgan fingerprint density at radius 3 is 2.00 bits per heavy atom. The van der Waals surface area contributed by atoms with E-state index in [-0.39, 0.29) is 16.9 Å². The third-order valence-electron chi connectivity index (χ3n) is 3.53. The third-order valence-corrected chi connectivity index (χ3v) is 3.53. The van der Waals surface area contributed by atoms with Gasteiger partial charge < -0.3 is 15.2 Å². The molecular weight excluding hydrogens is 362 g/mol. The highest BCUT2D eigenvalue weighted by Gasteiger charge is 2.26. The lowest BCUT2D eigenvalue weighted by Crippen LogP contribution is -2.34. The van der Waals surface area contributed by atoms with Crippen LogP contribution in [0.2, 0.25) is 0 Å². The SMILES string of the molecule is COC(=O)[C@H](NC(=O)c1cc([N+](=O)[O-])cc([N+](=O)[O-])c1)c1ccc(O)cc1. The molecule has 2 aromatic rings. The number of amides is 1. The van der Waals surface area contributed by atoms with E-state index in [1.807, 2.05) is 0 Å². The van der Waals surface area contributed by atoms with Gasteiger partial charge in [0.15, 0.2) is 6.04 Å². The Labute approximate surface area is 151 Å². The fraction of sp³-hybridized carbons (Fsp3) is 0.125. The molecule has 0 unspecified atom stereocenters. The summed E-state index contributed by atoms with van der Waals surface area (Å²) in [6, 6.07) is 6.45. The van der Waals surface area contributed by atoms with Crippen molar-refractivity contribution < 1.29 is 29.3 Å². The van der Waals surface area contributed by atoms with Crippen LogP contribution in [-0.4, -0.2) is 33.9 Å². The number of ether oxygens (including phenoxy) is 1. The largest absolute Gasteiger partial charge is 0.508 e. The van der Waals surface area contributed by atoms with Crippen LogP contribution in [0.5, 0.6) is 5.75 Å². The van der Waals surface area contributed by atoms with Crippen molar-refractivity contribution in [1.29, 1.82) is 0 Å². The van der Waals surface area contributed by atoms with E-state index >= 15 is 0 Å². The maximum Gasteiger partial charge on any atom is 0.333 e. The van der Waals surface area contributed by atoms with Crippen molar-refractivity contribution in [2.24, 2.45) is 0 Å². The second kappa shape index (κ2) is 7.91. The van der Waals surface area contributed by atoms with Crippen LogP contribution in [0.1, 0.15) is 22.0 Å². The molecule has 0 fully saturated rings. The van der Waals surface area contributed by atoms with Crippen molar-refractivity contribution >= 4 is 23.3 Å². The number of hydrogen-bond acceptors (Lipinski definition) is 8. The van der Waals surface area contributed by atoms with Gasteiger partial charge in [-0.2, -0.15) is 0 Å². The lowest BCUT2D eigenvalue weighted by atomic mass is 10.1. The zero-order valence-electron chi connectivity index (χ0n) is 13.8. The molecular formula is C16H13N3O8. The Morgan fingerprint density at radius 2 is 1.56 bits per heavy atom. The number of carbonyl (C=O) groups is 2. The van der Waals surface area contributed by atoms with Gasteiger partial charge in [-0.1, -0.05) is 12.1 Å². The van der Waals surface area contributed by atoms with Crippen molar-refractivity contribution in [2.75, 3.05) is 7.11 Å². The molecule has 11 heteroatoms. The standard InChI is InChI=1S/C16H13N3O8/c1-27-16(22)14(9-2-4-13(20)5-3-9)17-15(21)10-6-11(18(23)24)8-12(7-10)19(25)26/h2-8,14,20H,1H3,(H,17,21)/t14-/m1/s1. The van der Waals surface area contributed by atoms with Crippen molar-refractivity contribution in [3.8, 4) is 5.75 Å². The number of nitro groups is 2. The van der Waals surface area contributed by atoms with Crippen molar-refractivity contribution in [3.05, 3.63) is 73.8 Å². The fourth-order valence-electron chi connectivity index (χ4n) is 2.21.